The van der Waals surface area contributed by atoms with Crippen molar-refractivity contribution in [2.45, 2.75) is 26.2 Å². The van der Waals surface area contributed by atoms with Gasteiger partial charge in [0.2, 0.25) is 0 Å². The van der Waals surface area contributed by atoms with Gasteiger partial charge in [-0.05, 0) is 31.5 Å². The normalized spacial score (nSPS) is 16.4. The van der Waals surface area contributed by atoms with Crippen LogP contribution in [0.15, 0.2) is 24.3 Å². The minimum Gasteiger partial charge on any atom is -0.491 e. The quantitative estimate of drug-likeness (QED) is 0.811. The number of unbranched alkanes of at least 4 members (excludes halogenated alkanes) is 1. The predicted octanol–water partition coefficient (Wildman–Crippen LogP) is 2.67. The summed E-state index contributed by atoms with van der Waals surface area (Å²) in [6.07, 6.45) is 3.50. The molecule has 3 nitrogen and oxygen atoms in total. The highest BCUT2D eigenvalue weighted by Gasteiger charge is 2.13. The molecular formula is C15H24N2O. The smallest absolute Gasteiger partial charge is 0.142 e. The average molecular weight is 248 g/mol. The van der Waals surface area contributed by atoms with Crippen LogP contribution in [0, 0.1) is 0 Å². The summed E-state index contributed by atoms with van der Waals surface area (Å²) in [5.41, 5.74) is 1.25. The fraction of sp³-hybridized carbons (Fsp3) is 0.600. The van der Waals surface area contributed by atoms with E-state index < -0.39 is 0 Å². The Balaban J connectivity index is 2.05. The predicted molar refractivity (Wildman–Crippen MR) is 76.5 cm³/mol. The number of benzene rings is 1. The van der Waals surface area contributed by atoms with Crippen molar-refractivity contribution in [2.24, 2.45) is 0 Å². The van der Waals surface area contributed by atoms with Crippen LogP contribution in [0.2, 0.25) is 0 Å². The van der Waals surface area contributed by atoms with E-state index in [2.05, 4.69) is 41.4 Å². The number of nitrogens with one attached hydrogen (secondary N) is 1. The Hall–Kier alpha value is -1.22. The van der Waals surface area contributed by atoms with Gasteiger partial charge in [0, 0.05) is 19.6 Å². The Morgan fingerprint density at radius 2 is 2.11 bits per heavy atom. The molecule has 0 aromatic heterocycles. The van der Waals surface area contributed by atoms with E-state index in [1.165, 1.54) is 18.5 Å². The summed E-state index contributed by atoms with van der Waals surface area (Å²) in [5.74, 6) is 1.04. The maximum atomic E-state index is 5.91. The van der Waals surface area contributed by atoms with Crippen molar-refractivity contribution in [1.82, 2.24) is 5.32 Å². The lowest BCUT2D eigenvalue weighted by molar-refractivity contribution is 0.309. The summed E-state index contributed by atoms with van der Waals surface area (Å²) in [5, 5.41) is 3.44. The number of nitrogens with zero attached hydrogens (tertiary/aromatic N) is 1. The van der Waals surface area contributed by atoms with Gasteiger partial charge in [-0.3, -0.25) is 0 Å². The van der Waals surface area contributed by atoms with Crippen molar-refractivity contribution in [2.75, 3.05) is 37.7 Å². The second kappa shape index (κ2) is 7.27. The average Bonchev–Trinajstić information content (AvgIpc) is 2.68. The molecule has 18 heavy (non-hydrogen) atoms. The molecule has 1 heterocycles. The zero-order chi connectivity index (χ0) is 12.6. The summed E-state index contributed by atoms with van der Waals surface area (Å²) in [6.45, 7) is 7.36. The molecule has 1 aliphatic heterocycles. The molecule has 1 N–H and O–H groups in total. The standard InChI is InChI=1S/C15H24N2O/c1-2-3-13-18-15-8-5-4-7-14(15)17-11-6-9-16-10-12-17/h4-5,7-8,16H,2-3,6,9-13H2,1H3. The number of ether oxygens (including phenoxy) is 1. The molecular weight excluding hydrogens is 224 g/mol. The van der Waals surface area contributed by atoms with E-state index in [0.717, 1.165) is 45.0 Å². The first-order chi connectivity index (χ1) is 8.92. The van der Waals surface area contributed by atoms with Crippen LogP contribution in [0.25, 0.3) is 0 Å². The first kappa shape index (κ1) is 13.2. The highest BCUT2D eigenvalue weighted by Crippen LogP contribution is 2.28. The number of hydrogen-bond donors (Lipinski definition) is 1. The van der Waals surface area contributed by atoms with Crippen LogP contribution in [0.3, 0.4) is 0 Å². The van der Waals surface area contributed by atoms with Gasteiger partial charge in [-0.2, -0.15) is 0 Å². The van der Waals surface area contributed by atoms with Gasteiger partial charge in [0.1, 0.15) is 5.75 Å². The van der Waals surface area contributed by atoms with Gasteiger partial charge in [0.15, 0.2) is 0 Å². The highest BCUT2D eigenvalue weighted by molar-refractivity contribution is 5.58. The third-order valence-electron chi connectivity index (χ3n) is 3.30. The zero-order valence-electron chi connectivity index (χ0n) is 11.3. The molecule has 1 saturated heterocycles. The van der Waals surface area contributed by atoms with Crippen LogP contribution in [0.5, 0.6) is 5.75 Å². The fourth-order valence-electron chi connectivity index (χ4n) is 2.25. The van der Waals surface area contributed by atoms with Crippen LogP contribution in [0.1, 0.15) is 26.2 Å². The van der Waals surface area contributed by atoms with Gasteiger partial charge in [-0.25, -0.2) is 0 Å². The first-order valence-electron chi connectivity index (χ1n) is 7.09. The van der Waals surface area contributed by atoms with Crippen LogP contribution in [0.4, 0.5) is 5.69 Å². The summed E-state index contributed by atoms with van der Waals surface area (Å²) in [4.78, 5) is 2.43. The van der Waals surface area contributed by atoms with Crippen LogP contribution in [-0.2, 0) is 0 Å². The molecule has 2 rings (SSSR count). The summed E-state index contributed by atoms with van der Waals surface area (Å²) >= 11 is 0. The third kappa shape index (κ3) is 3.64. The topological polar surface area (TPSA) is 24.5 Å². The number of hydrogen-bond acceptors (Lipinski definition) is 3. The van der Waals surface area contributed by atoms with Crippen molar-refractivity contribution in [3.05, 3.63) is 24.3 Å². The van der Waals surface area contributed by atoms with Gasteiger partial charge in [-0.1, -0.05) is 25.5 Å². The minimum absolute atomic E-state index is 0.819. The van der Waals surface area contributed by atoms with Crippen molar-refractivity contribution in [3.8, 4) is 5.75 Å². The Labute approximate surface area is 110 Å². The number of rotatable bonds is 5. The SMILES string of the molecule is CCCCOc1ccccc1N1CCCNCC1. The Morgan fingerprint density at radius 1 is 1.22 bits per heavy atom. The molecule has 3 heteroatoms. The molecule has 0 unspecified atom stereocenters. The summed E-state index contributed by atoms with van der Waals surface area (Å²) < 4.78 is 5.91. The van der Waals surface area contributed by atoms with Crippen LogP contribution >= 0.6 is 0 Å². The highest BCUT2D eigenvalue weighted by atomic mass is 16.5. The minimum atomic E-state index is 0.819. The Bertz CT molecular complexity index is 346. The van der Waals surface area contributed by atoms with Crippen molar-refractivity contribution < 1.29 is 4.74 Å². The van der Waals surface area contributed by atoms with E-state index in [1.807, 2.05) is 0 Å². The van der Waals surface area contributed by atoms with Gasteiger partial charge >= 0.3 is 0 Å². The lowest BCUT2D eigenvalue weighted by Gasteiger charge is -2.24. The maximum Gasteiger partial charge on any atom is 0.142 e. The second-order valence-corrected chi connectivity index (χ2v) is 4.76. The molecule has 1 aromatic carbocycles. The molecule has 1 fully saturated rings. The van der Waals surface area contributed by atoms with E-state index >= 15 is 0 Å². The monoisotopic (exact) mass is 248 g/mol. The molecule has 0 aliphatic carbocycles. The van der Waals surface area contributed by atoms with Crippen molar-refractivity contribution in [3.63, 3.8) is 0 Å². The van der Waals surface area contributed by atoms with Crippen molar-refractivity contribution in [1.29, 1.82) is 0 Å². The Morgan fingerprint density at radius 3 is 3.00 bits per heavy atom. The fourth-order valence-corrected chi connectivity index (χ4v) is 2.25. The molecule has 0 radical (unpaired) electrons. The third-order valence-corrected chi connectivity index (χ3v) is 3.30. The molecule has 1 aromatic rings. The number of para-hydroxylation sites is 2. The summed E-state index contributed by atoms with van der Waals surface area (Å²) in [6, 6.07) is 8.41. The van der Waals surface area contributed by atoms with E-state index in [0.29, 0.717) is 0 Å². The second-order valence-electron chi connectivity index (χ2n) is 4.76. The van der Waals surface area contributed by atoms with Gasteiger partial charge < -0.3 is 15.0 Å². The van der Waals surface area contributed by atoms with Crippen LogP contribution in [-0.4, -0.2) is 32.8 Å². The summed E-state index contributed by atoms with van der Waals surface area (Å²) in [7, 11) is 0. The van der Waals surface area contributed by atoms with Crippen molar-refractivity contribution >= 4 is 5.69 Å². The zero-order valence-corrected chi connectivity index (χ0v) is 11.3. The number of anilines is 1. The molecule has 0 amide bonds. The van der Waals surface area contributed by atoms with Gasteiger partial charge in [0.05, 0.1) is 12.3 Å². The first-order valence-corrected chi connectivity index (χ1v) is 7.09. The van der Waals surface area contributed by atoms with E-state index in [-0.39, 0.29) is 0 Å². The van der Waals surface area contributed by atoms with E-state index in [1.54, 1.807) is 0 Å². The van der Waals surface area contributed by atoms with Gasteiger partial charge in [0.25, 0.3) is 0 Å². The largest absolute Gasteiger partial charge is 0.491 e. The Kier molecular flexibility index (Phi) is 5.34. The van der Waals surface area contributed by atoms with Gasteiger partial charge in [-0.15, -0.1) is 0 Å². The molecule has 0 atom stereocenters. The maximum absolute atomic E-state index is 5.91. The van der Waals surface area contributed by atoms with E-state index in [4.69, 9.17) is 4.74 Å². The molecule has 0 saturated carbocycles. The van der Waals surface area contributed by atoms with E-state index in [9.17, 15) is 0 Å². The lowest BCUT2D eigenvalue weighted by Crippen LogP contribution is -2.28. The van der Waals surface area contributed by atoms with Crippen LogP contribution < -0.4 is 15.0 Å². The molecule has 1 aliphatic rings. The molecule has 100 valence electrons. The molecule has 0 spiro atoms. The molecule has 0 bridgehead atoms. The lowest BCUT2D eigenvalue weighted by atomic mass is 10.2.